The van der Waals surface area contributed by atoms with Crippen LogP contribution in [-0.4, -0.2) is 32.3 Å². The van der Waals surface area contributed by atoms with Crippen molar-refractivity contribution in [3.63, 3.8) is 0 Å². The van der Waals surface area contributed by atoms with Gasteiger partial charge in [-0.05, 0) is 19.8 Å². The Kier molecular flexibility index (Phi) is 9.24. The van der Waals surface area contributed by atoms with Crippen LogP contribution in [0.5, 0.6) is 0 Å². The maximum Gasteiger partial charge on any atom is 0.308 e. The summed E-state index contributed by atoms with van der Waals surface area (Å²) in [6, 6.07) is 0.213. The molecule has 4 nitrogen and oxygen atoms in total. The number of rotatable bonds is 9. The van der Waals surface area contributed by atoms with E-state index in [4.69, 9.17) is 15.2 Å². The van der Waals surface area contributed by atoms with Gasteiger partial charge in [0.15, 0.2) is 0 Å². The minimum Gasteiger partial charge on any atom is -0.465 e. The van der Waals surface area contributed by atoms with Crippen molar-refractivity contribution in [3.8, 4) is 0 Å². The molecule has 2 N–H and O–H groups in total. The van der Waals surface area contributed by atoms with Crippen molar-refractivity contribution in [2.24, 2.45) is 11.7 Å². The summed E-state index contributed by atoms with van der Waals surface area (Å²) in [6.45, 7) is 4.96. The van der Waals surface area contributed by atoms with Gasteiger partial charge in [-0.2, -0.15) is 0 Å². The van der Waals surface area contributed by atoms with E-state index >= 15 is 0 Å². The highest BCUT2D eigenvalue weighted by molar-refractivity contribution is 5.71. The minimum atomic E-state index is -0.110. The van der Waals surface area contributed by atoms with Gasteiger partial charge in [0.1, 0.15) is 0 Å². The SMILES string of the molecule is COCCCOC(=O)C(C)CCCC(C)N. The molecule has 0 aliphatic heterocycles. The molecule has 0 saturated carbocycles. The van der Waals surface area contributed by atoms with Gasteiger partial charge in [0.25, 0.3) is 0 Å². The van der Waals surface area contributed by atoms with Crippen LogP contribution in [0.2, 0.25) is 0 Å². The van der Waals surface area contributed by atoms with Crippen molar-refractivity contribution in [2.75, 3.05) is 20.3 Å². The molecule has 4 heteroatoms. The quantitative estimate of drug-likeness (QED) is 0.485. The molecule has 96 valence electrons. The van der Waals surface area contributed by atoms with Crippen LogP contribution in [0.1, 0.15) is 39.5 Å². The first-order valence-electron chi connectivity index (χ1n) is 5.99. The van der Waals surface area contributed by atoms with Gasteiger partial charge in [-0.15, -0.1) is 0 Å². The van der Waals surface area contributed by atoms with Crippen LogP contribution in [0.25, 0.3) is 0 Å². The van der Waals surface area contributed by atoms with E-state index in [0.29, 0.717) is 13.2 Å². The maximum atomic E-state index is 11.5. The fraction of sp³-hybridized carbons (Fsp3) is 0.917. The van der Waals surface area contributed by atoms with E-state index in [9.17, 15) is 4.79 Å². The number of esters is 1. The normalized spacial score (nSPS) is 14.5. The first-order valence-corrected chi connectivity index (χ1v) is 5.99. The van der Waals surface area contributed by atoms with Crippen LogP contribution in [0.15, 0.2) is 0 Å². The average Bonchev–Trinajstić information content (AvgIpc) is 2.23. The molecule has 0 amide bonds. The fourth-order valence-corrected chi connectivity index (χ4v) is 1.38. The summed E-state index contributed by atoms with van der Waals surface area (Å²) in [5.41, 5.74) is 5.64. The standard InChI is InChI=1S/C12H25NO3/c1-10(6-4-7-11(2)13)12(14)16-9-5-8-15-3/h10-11H,4-9,13H2,1-3H3. The van der Waals surface area contributed by atoms with Crippen LogP contribution < -0.4 is 5.73 Å². The van der Waals surface area contributed by atoms with E-state index in [0.717, 1.165) is 25.7 Å². The van der Waals surface area contributed by atoms with E-state index in [-0.39, 0.29) is 17.9 Å². The third-order valence-electron chi connectivity index (χ3n) is 2.44. The van der Waals surface area contributed by atoms with Gasteiger partial charge in [-0.3, -0.25) is 4.79 Å². The van der Waals surface area contributed by atoms with Crippen molar-refractivity contribution in [1.29, 1.82) is 0 Å². The molecule has 0 heterocycles. The summed E-state index contributed by atoms with van der Waals surface area (Å²) in [6.07, 6.45) is 3.55. The zero-order valence-corrected chi connectivity index (χ0v) is 10.7. The van der Waals surface area contributed by atoms with Crippen LogP contribution in [0.4, 0.5) is 0 Å². The highest BCUT2D eigenvalue weighted by Gasteiger charge is 2.13. The smallest absolute Gasteiger partial charge is 0.308 e. The molecule has 2 atom stereocenters. The molecule has 0 saturated heterocycles. The number of methoxy groups -OCH3 is 1. The van der Waals surface area contributed by atoms with Gasteiger partial charge in [-0.1, -0.05) is 13.3 Å². The topological polar surface area (TPSA) is 61.5 Å². The van der Waals surface area contributed by atoms with Gasteiger partial charge >= 0.3 is 5.97 Å². The average molecular weight is 231 g/mol. The molecule has 16 heavy (non-hydrogen) atoms. The van der Waals surface area contributed by atoms with Crippen LogP contribution in [0.3, 0.4) is 0 Å². The molecule has 0 spiro atoms. The second kappa shape index (κ2) is 9.60. The number of hydrogen-bond donors (Lipinski definition) is 1. The van der Waals surface area contributed by atoms with E-state index < -0.39 is 0 Å². The molecule has 0 aromatic carbocycles. The van der Waals surface area contributed by atoms with E-state index in [2.05, 4.69) is 0 Å². The highest BCUT2D eigenvalue weighted by Crippen LogP contribution is 2.10. The molecule has 0 aromatic heterocycles. The van der Waals surface area contributed by atoms with Crippen molar-refractivity contribution >= 4 is 5.97 Å². The number of nitrogens with two attached hydrogens (primary N) is 1. The Morgan fingerprint density at radius 1 is 1.19 bits per heavy atom. The molecule has 0 radical (unpaired) electrons. The predicted molar refractivity (Wildman–Crippen MR) is 64.1 cm³/mol. The molecule has 0 aromatic rings. The zero-order chi connectivity index (χ0) is 12.4. The Bertz CT molecular complexity index is 183. The van der Waals surface area contributed by atoms with E-state index in [1.54, 1.807) is 7.11 Å². The molecule has 0 fully saturated rings. The van der Waals surface area contributed by atoms with Crippen LogP contribution in [0, 0.1) is 5.92 Å². The van der Waals surface area contributed by atoms with E-state index in [1.165, 1.54) is 0 Å². The lowest BCUT2D eigenvalue weighted by Crippen LogP contribution is -2.18. The highest BCUT2D eigenvalue weighted by atomic mass is 16.5. The number of ether oxygens (including phenoxy) is 2. The van der Waals surface area contributed by atoms with Gasteiger partial charge in [0.05, 0.1) is 12.5 Å². The molecular weight excluding hydrogens is 206 g/mol. The van der Waals surface area contributed by atoms with Crippen molar-refractivity contribution < 1.29 is 14.3 Å². The monoisotopic (exact) mass is 231 g/mol. The Morgan fingerprint density at radius 2 is 1.88 bits per heavy atom. The summed E-state index contributed by atoms with van der Waals surface area (Å²) < 4.78 is 9.98. The third-order valence-corrected chi connectivity index (χ3v) is 2.44. The second-order valence-electron chi connectivity index (χ2n) is 4.32. The van der Waals surface area contributed by atoms with Crippen molar-refractivity contribution in [3.05, 3.63) is 0 Å². The first kappa shape index (κ1) is 15.4. The van der Waals surface area contributed by atoms with Gasteiger partial charge in [-0.25, -0.2) is 0 Å². The third kappa shape index (κ3) is 8.68. The summed E-state index contributed by atoms with van der Waals surface area (Å²) in [4.78, 5) is 11.5. The number of hydrogen-bond acceptors (Lipinski definition) is 4. The van der Waals surface area contributed by atoms with Crippen molar-refractivity contribution in [2.45, 2.75) is 45.6 Å². The van der Waals surface area contributed by atoms with Crippen LogP contribution in [-0.2, 0) is 14.3 Å². The van der Waals surface area contributed by atoms with Gasteiger partial charge in [0, 0.05) is 26.2 Å². The van der Waals surface area contributed by atoms with Crippen molar-refractivity contribution in [1.82, 2.24) is 0 Å². The fourth-order valence-electron chi connectivity index (χ4n) is 1.38. The number of carbonyl (C=O) groups excluding carboxylic acids is 1. The lowest BCUT2D eigenvalue weighted by Gasteiger charge is -2.12. The molecular formula is C12H25NO3. The van der Waals surface area contributed by atoms with E-state index in [1.807, 2.05) is 13.8 Å². The second-order valence-corrected chi connectivity index (χ2v) is 4.32. The Labute approximate surface area is 98.5 Å². The first-order chi connectivity index (χ1) is 7.57. The molecule has 0 bridgehead atoms. The Balaban J connectivity index is 3.49. The maximum absolute atomic E-state index is 11.5. The molecule has 0 rings (SSSR count). The summed E-state index contributed by atoms with van der Waals surface area (Å²) >= 11 is 0. The Hall–Kier alpha value is -0.610. The van der Waals surface area contributed by atoms with Gasteiger partial charge in [0.2, 0.25) is 0 Å². The predicted octanol–water partition coefficient (Wildman–Crippen LogP) is 1.72. The lowest BCUT2D eigenvalue weighted by molar-refractivity contribution is -0.148. The molecule has 0 aliphatic carbocycles. The lowest BCUT2D eigenvalue weighted by atomic mass is 10.0. The Morgan fingerprint density at radius 3 is 2.44 bits per heavy atom. The van der Waals surface area contributed by atoms with Crippen LogP contribution >= 0.6 is 0 Å². The largest absolute Gasteiger partial charge is 0.465 e. The molecule has 2 unspecified atom stereocenters. The summed E-state index contributed by atoms with van der Waals surface area (Å²) in [7, 11) is 1.64. The zero-order valence-electron chi connectivity index (χ0n) is 10.7. The molecule has 0 aliphatic rings. The number of carbonyl (C=O) groups is 1. The summed E-state index contributed by atoms with van der Waals surface area (Å²) in [5, 5.41) is 0. The summed E-state index contributed by atoms with van der Waals surface area (Å²) in [5.74, 6) is -0.137. The minimum absolute atomic E-state index is 0.0266. The van der Waals surface area contributed by atoms with Gasteiger partial charge < -0.3 is 15.2 Å².